The topological polar surface area (TPSA) is 144 Å². The summed E-state index contributed by atoms with van der Waals surface area (Å²) in [7, 11) is -4.29. The lowest BCUT2D eigenvalue weighted by Crippen LogP contribution is -2.47. The number of rotatable bonds is 5. The van der Waals surface area contributed by atoms with Gasteiger partial charge < -0.3 is 15.2 Å². The Labute approximate surface area is 164 Å². The highest BCUT2D eigenvalue weighted by Gasteiger charge is 2.65. The van der Waals surface area contributed by atoms with Crippen LogP contribution in [0.2, 0.25) is 0 Å². The summed E-state index contributed by atoms with van der Waals surface area (Å²) in [6.45, 7) is 4.06. The van der Waals surface area contributed by atoms with Crippen molar-refractivity contribution < 1.29 is 36.7 Å². The number of hydrogen-bond donors (Lipinski definition) is 2. The maximum Gasteiger partial charge on any atom is 0.406 e. The minimum absolute atomic E-state index is 0.138. The van der Waals surface area contributed by atoms with Crippen molar-refractivity contribution in [1.29, 1.82) is 0 Å². The van der Waals surface area contributed by atoms with Crippen LogP contribution in [0.5, 0.6) is 0 Å². The molecule has 0 aromatic carbocycles. The van der Waals surface area contributed by atoms with E-state index >= 15 is 0 Å². The first-order valence-electron chi connectivity index (χ1n) is 8.72. The molecule has 0 bridgehead atoms. The van der Waals surface area contributed by atoms with E-state index in [1.165, 1.54) is 6.92 Å². The molecule has 5 atom stereocenters. The van der Waals surface area contributed by atoms with Crippen molar-refractivity contribution in [3.8, 4) is 0 Å². The van der Waals surface area contributed by atoms with Crippen LogP contribution < -0.4 is 16.5 Å². The quantitative estimate of drug-likeness (QED) is 0.501. The Bertz CT molecular complexity index is 896. The molecule has 3 N–H and O–H groups in total. The second-order valence-corrected chi connectivity index (χ2v) is 8.62. The van der Waals surface area contributed by atoms with Gasteiger partial charge in [0.25, 0.3) is 0 Å². The first-order valence-corrected chi connectivity index (χ1v) is 10.3. The minimum Gasteiger partial charge on any atom is -0.462 e. The van der Waals surface area contributed by atoms with Crippen LogP contribution in [0.4, 0.5) is 14.6 Å². The summed E-state index contributed by atoms with van der Waals surface area (Å²) >= 11 is 0. The highest BCUT2D eigenvalue weighted by atomic mass is 31.2. The van der Waals surface area contributed by atoms with E-state index in [4.69, 9.17) is 24.3 Å². The summed E-state index contributed by atoms with van der Waals surface area (Å²) in [4.78, 5) is 27.2. The smallest absolute Gasteiger partial charge is 0.406 e. The standard InChI is InChI=1S/C15H21F2N4O7P/c1-7(2)26-12(22)8(3)20-29(24)25-6-9-11(28-29)15(16,17)13(27-9)21-5-4-10(18)19-14(21)23/h4-5,7-9,11,13H,6H2,1-3H3,(H,20,24)(H2,18,19,23)/t8-,9-,11-,13-,29?/m1/s1. The Balaban J connectivity index is 1.78. The van der Waals surface area contributed by atoms with Crippen molar-refractivity contribution in [2.24, 2.45) is 0 Å². The van der Waals surface area contributed by atoms with Gasteiger partial charge in [-0.1, -0.05) is 0 Å². The molecule has 0 spiro atoms. The van der Waals surface area contributed by atoms with Gasteiger partial charge in [-0.25, -0.2) is 14.4 Å². The number of ether oxygens (including phenoxy) is 2. The second-order valence-electron chi connectivity index (χ2n) is 6.90. The van der Waals surface area contributed by atoms with Crippen LogP contribution in [-0.2, 0) is 27.9 Å². The van der Waals surface area contributed by atoms with Crippen LogP contribution in [0.3, 0.4) is 0 Å². The van der Waals surface area contributed by atoms with Gasteiger partial charge in [0.05, 0.1) is 12.7 Å². The van der Waals surface area contributed by atoms with Gasteiger partial charge in [0.2, 0.25) is 6.23 Å². The van der Waals surface area contributed by atoms with Gasteiger partial charge >= 0.3 is 25.3 Å². The number of nitrogens with one attached hydrogen (secondary N) is 1. The Hall–Kier alpha value is -1.92. The van der Waals surface area contributed by atoms with Crippen LogP contribution in [0.25, 0.3) is 0 Å². The van der Waals surface area contributed by atoms with Crippen molar-refractivity contribution >= 4 is 19.5 Å². The van der Waals surface area contributed by atoms with Gasteiger partial charge in [-0.05, 0) is 26.8 Å². The normalized spacial score (nSPS) is 32.0. The largest absolute Gasteiger partial charge is 0.462 e. The van der Waals surface area contributed by atoms with Gasteiger partial charge in [0.15, 0.2) is 6.10 Å². The predicted molar refractivity (Wildman–Crippen MR) is 94.0 cm³/mol. The zero-order valence-electron chi connectivity index (χ0n) is 15.8. The van der Waals surface area contributed by atoms with Gasteiger partial charge in [-0.2, -0.15) is 13.8 Å². The fourth-order valence-corrected chi connectivity index (χ4v) is 4.57. The molecule has 0 radical (unpaired) electrons. The number of carbonyl (C=O) groups is 1. The summed E-state index contributed by atoms with van der Waals surface area (Å²) in [5, 5.41) is 2.27. The molecule has 0 aliphatic carbocycles. The van der Waals surface area contributed by atoms with Crippen molar-refractivity contribution in [1.82, 2.24) is 14.6 Å². The number of aromatic nitrogens is 2. The molecule has 3 heterocycles. The third-order valence-electron chi connectivity index (χ3n) is 4.17. The van der Waals surface area contributed by atoms with Crippen LogP contribution >= 0.6 is 7.75 Å². The Morgan fingerprint density at radius 2 is 2.17 bits per heavy atom. The SMILES string of the molecule is CC(C)OC(=O)[C@@H](C)NP1(=O)OC[C@H]2O[C@@H](n3ccc(N)nc3=O)C(F)(F)[C@@H]2O1. The molecule has 2 fully saturated rings. The fraction of sp³-hybridized carbons (Fsp3) is 0.667. The third-order valence-corrected chi connectivity index (χ3v) is 5.87. The van der Waals surface area contributed by atoms with Crippen LogP contribution in [0, 0.1) is 0 Å². The lowest BCUT2D eigenvalue weighted by molar-refractivity contribution is -0.149. The van der Waals surface area contributed by atoms with E-state index in [2.05, 4.69) is 10.1 Å². The zero-order chi connectivity index (χ0) is 21.6. The number of nitrogens with two attached hydrogens (primary N) is 1. The van der Waals surface area contributed by atoms with E-state index in [-0.39, 0.29) is 5.82 Å². The number of nitrogens with zero attached hydrogens (tertiary/aromatic N) is 2. The Kier molecular flexibility index (Phi) is 5.80. The Morgan fingerprint density at radius 3 is 2.79 bits per heavy atom. The third kappa shape index (κ3) is 4.33. The number of carbonyl (C=O) groups excluding carboxylic acids is 1. The number of hydrogen-bond acceptors (Lipinski definition) is 9. The van der Waals surface area contributed by atoms with Gasteiger partial charge in [0.1, 0.15) is 18.0 Å². The first kappa shape index (κ1) is 21.8. The molecule has 0 amide bonds. The average molecular weight is 438 g/mol. The maximum atomic E-state index is 15.0. The number of anilines is 1. The number of alkyl halides is 2. The molecule has 0 saturated carbocycles. The van der Waals surface area contributed by atoms with Crippen molar-refractivity contribution in [2.45, 2.75) is 57.3 Å². The summed E-state index contributed by atoms with van der Waals surface area (Å²) in [5.41, 5.74) is 4.33. The van der Waals surface area contributed by atoms with Crippen molar-refractivity contribution in [2.75, 3.05) is 12.3 Å². The molecule has 1 unspecified atom stereocenters. The molecule has 3 rings (SSSR count). The summed E-state index contributed by atoms with van der Waals surface area (Å²) in [6.07, 6.45) is -4.76. The molecule has 29 heavy (non-hydrogen) atoms. The van der Waals surface area contributed by atoms with E-state index in [0.717, 1.165) is 12.3 Å². The highest BCUT2D eigenvalue weighted by molar-refractivity contribution is 7.51. The molecule has 1 aromatic heterocycles. The van der Waals surface area contributed by atoms with Crippen molar-refractivity contribution in [3.05, 3.63) is 22.7 Å². The molecular formula is C15H21F2N4O7P. The fourth-order valence-electron chi connectivity index (χ4n) is 2.88. The van der Waals surface area contributed by atoms with Crippen LogP contribution in [-0.4, -0.2) is 52.4 Å². The number of halogens is 2. The van der Waals surface area contributed by atoms with Gasteiger partial charge in [-0.15, -0.1) is 0 Å². The molecule has 1 aromatic rings. The highest BCUT2D eigenvalue weighted by Crippen LogP contribution is 2.57. The molecule has 14 heteroatoms. The number of fused-ring (bicyclic) bond motifs is 1. The summed E-state index contributed by atoms with van der Waals surface area (Å²) in [5.74, 6) is -4.65. The lowest BCUT2D eigenvalue weighted by atomic mass is 10.1. The molecule has 2 aliphatic heterocycles. The number of nitrogen functional groups attached to an aromatic ring is 1. The maximum absolute atomic E-state index is 15.0. The van der Waals surface area contributed by atoms with E-state index in [9.17, 15) is 22.9 Å². The van der Waals surface area contributed by atoms with Crippen LogP contribution in [0.1, 0.15) is 27.0 Å². The monoisotopic (exact) mass is 438 g/mol. The summed E-state index contributed by atoms with van der Waals surface area (Å²) in [6, 6.07) is 0.0182. The molecule has 11 nitrogen and oxygen atoms in total. The molecule has 162 valence electrons. The van der Waals surface area contributed by atoms with Gasteiger partial charge in [-0.3, -0.25) is 18.4 Å². The average Bonchev–Trinajstić information content (AvgIpc) is 2.85. The lowest BCUT2D eigenvalue weighted by Gasteiger charge is -2.33. The molecule has 2 aliphatic rings. The van der Waals surface area contributed by atoms with E-state index in [1.54, 1.807) is 13.8 Å². The second kappa shape index (κ2) is 7.73. The first-order chi connectivity index (χ1) is 13.4. The minimum atomic E-state index is -4.29. The molecule has 2 saturated heterocycles. The Morgan fingerprint density at radius 1 is 1.48 bits per heavy atom. The van der Waals surface area contributed by atoms with E-state index < -0.39 is 62.5 Å². The van der Waals surface area contributed by atoms with Crippen molar-refractivity contribution in [3.63, 3.8) is 0 Å². The van der Waals surface area contributed by atoms with E-state index in [1.807, 2.05) is 0 Å². The summed E-state index contributed by atoms with van der Waals surface area (Å²) < 4.78 is 63.5. The number of esters is 1. The van der Waals surface area contributed by atoms with Crippen LogP contribution in [0.15, 0.2) is 17.1 Å². The predicted octanol–water partition coefficient (Wildman–Crippen LogP) is 0.811. The zero-order valence-corrected chi connectivity index (χ0v) is 16.7. The molecular weight excluding hydrogens is 417 g/mol. The van der Waals surface area contributed by atoms with Gasteiger partial charge in [0, 0.05) is 6.20 Å². The van der Waals surface area contributed by atoms with E-state index in [0.29, 0.717) is 4.57 Å².